The summed E-state index contributed by atoms with van der Waals surface area (Å²) >= 11 is 0. The molecule has 0 amide bonds. The third kappa shape index (κ3) is 6.19. The quantitative estimate of drug-likeness (QED) is 0.287. The highest BCUT2D eigenvalue weighted by Crippen LogP contribution is 2.16. The van der Waals surface area contributed by atoms with E-state index in [0.717, 1.165) is 49.8 Å². The molecule has 0 aliphatic rings. The topological polar surface area (TPSA) is 60.4 Å². The van der Waals surface area contributed by atoms with Gasteiger partial charge in [0.2, 0.25) is 6.29 Å². The van der Waals surface area contributed by atoms with E-state index in [2.05, 4.69) is 6.92 Å². The van der Waals surface area contributed by atoms with Gasteiger partial charge in [0.05, 0.1) is 6.61 Å². The number of allylic oxidation sites excluding steroid dienone is 1. The molecule has 0 fully saturated rings. The van der Waals surface area contributed by atoms with E-state index >= 15 is 0 Å². The van der Waals surface area contributed by atoms with Gasteiger partial charge in [-0.05, 0) is 30.9 Å². The molecule has 0 heterocycles. The van der Waals surface area contributed by atoms with Crippen molar-refractivity contribution < 1.29 is 19.1 Å². The SMILES string of the molecule is CCCCOC(=O)C=CC(=O)c1cccc(CCCC)c1[C]=O. The lowest BCUT2D eigenvalue weighted by molar-refractivity contribution is -0.137. The third-order valence-corrected chi connectivity index (χ3v) is 3.43. The average Bonchev–Trinajstić information content (AvgIpc) is 2.57. The fourth-order valence-electron chi connectivity index (χ4n) is 2.10. The van der Waals surface area contributed by atoms with Crippen LogP contribution in [0, 0.1) is 0 Å². The zero-order chi connectivity index (χ0) is 17.1. The Kier molecular flexibility index (Phi) is 8.58. The van der Waals surface area contributed by atoms with Crippen molar-refractivity contribution >= 4 is 18.0 Å². The van der Waals surface area contributed by atoms with Gasteiger partial charge in [-0.1, -0.05) is 44.9 Å². The summed E-state index contributed by atoms with van der Waals surface area (Å²) in [6, 6.07) is 5.15. The van der Waals surface area contributed by atoms with Crippen LogP contribution < -0.4 is 0 Å². The van der Waals surface area contributed by atoms with E-state index in [1.54, 1.807) is 12.1 Å². The number of hydrogen-bond acceptors (Lipinski definition) is 4. The lowest BCUT2D eigenvalue weighted by Crippen LogP contribution is -2.06. The maximum atomic E-state index is 12.2. The summed E-state index contributed by atoms with van der Waals surface area (Å²) < 4.78 is 4.95. The highest BCUT2D eigenvalue weighted by Gasteiger charge is 2.13. The monoisotopic (exact) mass is 315 g/mol. The Morgan fingerprint density at radius 3 is 2.52 bits per heavy atom. The lowest BCUT2D eigenvalue weighted by atomic mass is 9.95. The molecule has 0 spiro atoms. The van der Waals surface area contributed by atoms with Crippen LogP contribution in [0.5, 0.6) is 0 Å². The zero-order valence-electron chi connectivity index (χ0n) is 13.8. The number of benzene rings is 1. The van der Waals surface area contributed by atoms with Gasteiger partial charge in [-0.2, -0.15) is 0 Å². The molecule has 0 aromatic heterocycles. The molecule has 1 rings (SSSR count). The molecule has 123 valence electrons. The van der Waals surface area contributed by atoms with Gasteiger partial charge in [0, 0.05) is 17.2 Å². The van der Waals surface area contributed by atoms with Gasteiger partial charge in [-0.15, -0.1) is 0 Å². The molecule has 1 aromatic carbocycles. The minimum absolute atomic E-state index is 0.270. The van der Waals surface area contributed by atoms with E-state index in [1.165, 1.54) is 0 Å². The molecule has 0 atom stereocenters. The fourth-order valence-corrected chi connectivity index (χ4v) is 2.10. The molecular formula is C19H23O4. The maximum absolute atomic E-state index is 12.2. The fraction of sp³-hybridized carbons (Fsp3) is 0.421. The predicted molar refractivity (Wildman–Crippen MR) is 89.2 cm³/mol. The first-order chi connectivity index (χ1) is 11.1. The van der Waals surface area contributed by atoms with Gasteiger partial charge in [-0.25, -0.2) is 4.79 Å². The van der Waals surface area contributed by atoms with E-state index in [9.17, 15) is 14.4 Å². The minimum atomic E-state index is -0.550. The van der Waals surface area contributed by atoms with Crippen LogP contribution in [-0.4, -0.2) is 24.6 Å². The standard InChI is InChI=1S/C19H23O4/c1-3-5-8-15-9-7-10-16(17(15)14-20)18(21)11-12-19(22)23-13-6-4-2/h7,9-12H,3-6,8,13H2,1-2H3. The van der Waals surface area contributed by atoms with Crippen molar-refractivity contribution in [2.75, 3.05) is 6.61 Å². The average molecular weight is 315 g/mol. The molecule has 4 nitrogen and oxygen atoms in total. The first-order valence-electron chi connectivity index (χ1n) is 8.03. The highest BCUT2D eigenvalue weighted by molar-refractivity contribution is 6.11. The molecule has 1 aromatic rings. The summed E-state index contributed by atoms with van der Waals surface area (Å²) in [7, 11) is 0. The molecule has 0 saturated heterocycles. The zero-order valence-corrected chi connectivity index (χ0v) is 13.8. The molecule has 0 aliphatic heterocycles. The summed E-state index contributed by atoms with van der Waals surface area (Å²) in [5.74, 6) is -0.945. The normalized spacial score (nSPS) is 10.7. The van der Waals surface area contributed by atoms with Crippen LogP contribution in [0.25, 0.3) is 0 Å². The van der Waals surface area contributed by atoms with Crippen LogP contribution in [0.15, 0.2) is 30.4 Å². The van der Waals surface area contributed by atoms with Crippen LogP contribution in [0.3, 0.4) is 0 Å². The molecule has 0 unspecified atom stereocenters. The molecule has 0 bridgehead atoms. The number of carbonyl (C=O) groups is 2. The van der Waals surface area contributed by atoms with Crippen molar-refractivity contribution in [3.05, 3.63) is 47.0 Å². The summed E-state index contributed by atoms with van der Waals surface area (Å²) in [6.07, 6.45) is 8.49. The highest BCUT2D eigenvalue weighted by atomic mass is 16.5. The molecule has 0 aliphatic carbocycles. The van der Waals surface area contributed by atoms with Gasteiger partial charge in [0.25, 0.3) is 0 Å². The smallest absolute Gasteiger partial charge is 0.330 e. The maximum Gasteiger partial charge on any atom is 0.330 e. The third-order valence-electron chi connectivity index (χ3n) is 3.43. The Hall–Kier alpha value is -2.23. The summed E-state index contributed by atoms with van der Waals surface area (Å²) in [4.78, 5) is 34.9. The molecule has 0 N–H and O–H groups in total. The van der Waals surface area contributed by atoms with E-state index in [4.69, 9.17) is 4.74 Å². The molecular weight excluding hydrogens is 292 g/mol. The molecule has 0 saturated carbocycles. The summed E-state index contributed by atoms with van der Waals surface area (Å²) in [5, 5.41) is 0. The number of ketones is 1. The summed E-state index contributed by atoms with van der Waals surface area (Å²) in [6.45, 7) is 4.40. The molecule has 23 heavy (non-hydrogen) atoms. The van der Waals surface area contributed by atoms with E-state index in [0.29, 0.717) is 6.61 Å². The Morgan fingerprint density at radius 2 is 1.87 bits per heavy atom. The van der Waals surface area contributed by atoms with Crippen molar-refractivity contribution in [3.8, 4) is 0 Å². The molecule has 4 heteroatoms. The summed E-state index contributed by atoms with van der Waals surface area (Å²) in [5.41, 5.74) is 1.37. The van der Waals surface area contributed by atoms with Gasteiger partial charge < -0.3 is 4.74 Å². The van der Waals surface area contributed by atoms with Crippen LogP contribution in [0.2, 0.25) is 0 Å². The van der Waals surface area contributed by atoms with Crippen molar-refractivity contribution in [1.82, 2.24) is 0 Å². The van der Waals surface area contributed by atoms with Crippen LogP contribution in [0.4, 0.5) is 0 Å². The van der Waals surface area contributed by atoms with Crippen molar-refractivity contribution in [3.63, 3.8) is 0 Å². The van der Waals surface area contributed by atoms with Gasteiger partial charge in [-0.3, -0.25) is 9.59 Å². The van der Waals surface area contributed by atoms with Gasteiger partial charge in [0.1, 0.15) is 0 Å². The lowest BCUT2D eigenvalue weighted by Gasteiger charge is -2.07. The predicted octanol–water partition coefficient (Wildman–Crippen LogP) is 3.57. The minimum Gasteiger partial charge on any atom is -0.463 e. The second-order valence-corrected chi connectivity index (χ2v) is 5.26. The van der Waals surface area contributed by atoms with Gasteiger partial charge in [0.15, 0.2) is 5.78 Å². The van der Waals surface area contributed by atoms with E-state index in [1.807, 2.05) is 19.3 Å². The molecule has 1 radical (unpaired) electrons. The second kappa shape index (κ2) is 10.5. The number of rotatable bonds is 10. The number of hydrogen-bond donors (Lipinski definition) is 0. The van der Waals surface area contributed by atoms with Crippen LogP contribution in [0.1, 0.15) is 61.0 Å². The van der Waals surface area contributed by atoms with Crippen molar-refractivity contribution in [2.45, 2.75) is 46.0 Å². The first-order valence-corrected chi connectivity index (χ1v) is 8.03. The van der Waals surface area contributed by atoms with Crippen molar-refractivity contribution in [1.29, 1.82) is 0 Å². The van der Waals surface area contributed by atoms with Crippen LogP contribution >= 0.6 is 0 Å². The van der Waals surface area contributed by atoms with E-state index in [-0.39, 0.29) is 11.1 Å². The Bertz CT molecular complexity index is 573. The number of ether oxygens (including phenoxy) is 1. The Labute approximate surface area is 137 Å². The van der Waals surface area contributed by atoms with E-state index < -0.39 is 11.8 Å². The first kappa shape index (κ1) is 18.8. The second-order valence-electron chi connectivity index (χ2n) is 5.26. The Balaban J connectivity index is 2.82. The number of unbranched alkanes of at least 4 members (excludes halogenated alkanes) is 2. The number of carbonyl (C=O) groups excluding carboxylic acids is 3. The number of esters is 1. The Morgan fingerprint density at radius 1 is 1.13 bits per heavy atom. The largest absolute Gasteiger partial charge is 0.463 e. The number of aryl methyl sites for hydroxylation is 1. The van der Waals surface area contributed by atoms with Crippen molar-refractivity contribution in [2.24, 2.45) is 0 Å². The van der Waals surface area contributed by atoms with Crippen LogP contribution in [-0.2, 0) is 20.7 Å². The van der Waals surface area contributed by atoms with Gasteiger partial charge >= 0.3 is 5.97 Å².